The van der Waals surface area contributed by atoms with Gasteiger partial charge in [-0.3, -0.25) is 10.1 Å². The number of nitrogens with zero attached hydrogens (tertiary/aromatic N) is 1. The van der Waals surface area contributed by atoms with Crippen molar-refractivity contribution in [1.82, 2.24) is 0 Å². The van der Waals surface area contributed by atoms with E-state index in [0.717, 1.165) is 11.8 Å². The summed E-state index contributed by atoms with van der Waals surface area (Å²) in [4.78, 5) is 9.95. The maximum atomic E-state index is 10.5. The summed E-state index contributed by atoms with van der Waals surface area (Å²) in [5.41, 5.74) is 1.61. The molecule has 0 radical (unpaired) electrons. The molecule has 21 heavy (non-hydrogen) atoms. The fraction of sp³-hybridized carbons (Fsp3) is 0.125. The Morgan fingerprint density at radius 2 is 1.90 bits per heavy atom. The topological polar surface area (TPSA) is 61.6 Å². The van der Waals surface area contributed by atoms with Gasteiger partial charge in [-0.25, -0.2) is 0 Å². The first-order chi connectivity index (χ1) is 10.2. The fourth-order valence-electron chi connectivity index (χ4n) is 1.85. The molecular weight excluding hydrogens is 270 g/mol. The Hall–Kier alpha value is -2.82. The highest BCUT2D eigenvalue weighted by Gasteiger charge is 2.09. The predicted molar refractivity (Wildman–Crippen MR) is 79.8 cm³/mol. The van der Waals surface area contributed by atoms with Gasteiger partial charge in [0.15, 0.2) is 11.5 Å². The smallest absolute Gasteiger partial charge is 0.235 e. The number of benzene rings is 2. The van der Waals surface area contributed by atoms with E-state index in [1.54, 1.807) is 18.2 Å². The van der Waals surface area contributed by atoms with Crippen LogP contribution in [0.25, 0.3) is 6.08 Å². The van der Waals surface area contributed by atoms with Crippen LogP contribution in [-0.2, 0) is 6.61 Å². The Morgan fingerprint density at radius 3 is 2.57 bits per heavy atom. The van der Waals surface area contributed by atoms with Gasteiger partial charge in [0, 0.05) is 11.6 Å². The van der Waals surface area contributed by atoms with Crippen molar-refractivity contribution in [1.29, 1.82) is 0 Å². The van der Waals surface area contributed by atoms with Gasteiger partial charge in [0.2, 0.25) is 6.20 Å². The van der Waals surface area contributed by atoms with Crippen molar-refractivity contribution in [2.24, 2.45) is 0 Å². The first kappa shape index (κ1) is 14.6. The van der Waals surface area contributed by atoms with Gasteiger partial charge in [0.05, 0.1) is 12.0 Å². The molecule has 0 N–H and O–H groups in total. The fourth-order valence-corrected chi connectivity index (χ4v) is 1.85. The zero-order valence-corrected chi connectivity index (χ0v) is 11.6. The van der Waals surface area contributed by atoms with Gasteiger partial charge in [0.1, 0.15) is 6.61 Å². The number of para-hydroxylation sites is 1. The van der Waals surface area contributed by atoms with Crippen molar-refractivity contribution >= 4 is 6.08 Å². The van der Waals surface area contributed by atoms with Gasteiger partial charge in [-0.15, -0.1) is 0 Å². The normalized spacial score (nSPS) is 10.5. The quantitative estimate of drug-likeness (QED) is 0.601. The molecule has 0 unspecified atom stereocenters. The Bertz CT molecular complexity index is 638. The molecule has 0 bridgehead atoms. The number of rotatable bonds is 6. The number of hydrogen-bond acceptors (Lipinski definition) is 4. The standard InChI is InChI=1S/C16H15NO4/c1-20-15-9-5-8-14(10-11-17(18)19)16(15)21-12-13-6-3-2-4-7-13/h2-11H,12H2,1H3/b11-10-. The molecule has 0 aliphatic heterocycles. The van der Waals surface area contributed by atoms with E-state index in [2.05, 4.69) is 0 Å². The number of methoxy groups -OCH3 is 1. The van der Waals surface area contributed by atoms with E-state index in [0.29, 0.717) is 23.7 Å². The molecule has 0 spiro atoms. The van der Waals surface area contributed by atoms with Gasteiger partial charge in [-0.1, -0.05) is 42.5 Å². The lowest BCUT2D eigenvalue weighted by molar-refractivity contribution is -0.400. The molecule has 2 aromatic carbocycles. The van der Waals surface area contributed by atoms with E-state index in [1.807, 2.05) is 30.3 Å². The van der Waals surface area contributed by atoms with Crippen LogP contribution in [0.5, 0.6) is 11.5 Å². The summed E-state index contributed by atoms with van der Waals surface area (Å²) >= 11 is 0. The summed E-state index contributed by atoms with van der Waals surface area (Å²) in [5, 5.41) is 10.5. The van der Waals surface area contributed by atoms with E-state index < -0.39 is 4.92 Å². The highest BCUT2D eigenvalue weighted by molar-refractivity contribution is 5.61. The third-order valence-corrected chi connectivity index (χ3v) is 2.83. The second-order valence-corrected chi connectivity index (χ2v) is 4.25. The van der Waals surface area contributed by atoms with Gasteiger partial charge in [0.25, 0.3) is 0 Å². The Morgan fingerprint density at radius 1 is 1.14 bits per heavy atom. The minimum absolute atomic E-state index is 0.362. The summed E-state index contributed by atoms with van der Waals surface area (Å²) in [7, 11) is 1.53. The second kappa shape index (κ2) is 7.09. The molecule has 0 fully saturated rings. The average Bonchev–Trinajstić information content (AvgIpc) is 2.52. The molecule has 0 aliphatic rings. The first-order valence-electron chi connectivity index (χ1n) is 6.36. The monoisotopic (exact) mass is 285 g/mol. The number of hydrogen-bond donors (Lipinski definition) is 0. The lowest BCUT2D eigenvalue weighted by Crippen LogP contribution is -1.99. The Balaban J connectivity index is 2.25. The SMILES string of the molecule is COc1cccc(/C=C\[N+](=O)[O-])c1OCc1ccccc1. The molecule has 2 aromatic rings. The van der Waals surface area contributed by atoms with Crippen LogP contribution in [0.1, 0.15) is 11.1 Å². The van der Waals surface area contributed by atoms with Crippen LogP contribution >= 0.6 is 0 Å². The minimum Gasteiger partial charge on any atom is -0.493 e. The van der Waals surface area contributed by atoms with Crippen LogP contribution in [0.15, 0.2) is 54.7 Å². The minimum atomic E-state index is -0.513. The molecule has 0 heterocycles. The molecule has 2 rings (SSSR count). The second-order valence-electron chi connectivity index (χ2n) is 4.25. The van der Waals surface area contributed by atoms with E-state index in [-0.39, 0.29) is 0 Å². The Labute approximate surface area is 122 Å². The summed E-state index contributed by atoms with van der Waals surface area (Å²) in [6.45, 7) is 0.362. The molecule has 0 saturated heterocycles. The molecule has 5 nitrogen and oxygen atoms in total. The number of nitro groups is 1. The summed E-state index contributed by atoms with van der Waals surface area (Å²) in [5.74, 6) is 1.03. The van der Waals surface area contributed by atoms with E-state index in [4.69, 9.17) is 9.47 Å². The van der Waals surface area contributed by atoms with Crippen molar-refractivity contribution in [3.05, 3.63) is 76.0 Å². The maximum Gasteiger partial charge on any atom is 0.235 e. The summed E-state index contributed by atoms with van der Waals surface area (Å²) in [6, 6.07) is 14.9. The first-order valence-corrected chi connectivity index (χ1v) is 6.36. The van der Waals surface area contributed by atoms with Crippen LogP contribution in [0, 0.1) is 10.1 Å². The van der Waals surface area contributed by atoms with Gasteiger partial charge >= 0.3 is 0 Å². The van der Waals surface area contributed by atoms with Gasteiger partial charge < -0.3 is 9.47 Å². The van der Waals surface area contributed by atoms with Crippen molar-refractivity contribution in [3.8, 4) is 11.5 Å². The summed E-state index contributed by atoms with van der Waals surface area (Å²) < 4.78 is 11.0. The third kappa shape index (κ3) is 4.07. The molecule has 0 aliphatic carbocycles. The van der Waals surface area contributed by atoms with Crippen LogP contribution in [0.4, 0.5) is 0 Å². The molecule has 0 atom stereocenters. The molecule has 5 heteroatoms. The van der Waals surface area contributed by atoms with Crippen LogP contribution < -0.4 is 9.47 Å². The molecule has 108 valence electrons. The van der Waals surface area contributed by atoms with Crippen molar-refractivity contribution in [2.45, 2.75) is 6.61 Å². The molecule has 0 amide bonds. The van der Waals surface area contributed by atoms with Crippen molar-refractivity contribution < 1.29 is 14.4 Å². The van der Waals surface area contributed by atoms with Gasteiger partial charge in [-0.05, 0) is 11.6 Å². The van der Waals surface area contributed by atoms with Gasteiger partial charge in [-0.2, -0.15) is 0 Å². The van der Waals surface area contributed by atoms with Crippen molar-refractivity contribution in [2.75, 3.05) is 7.11 Å². The van der Waals surface area contributed by atoms with E-state index >= 15 is 0 Å². The molecular formula is C16H15NO4. The van der Waals surface area contributed by atoms with Crippen molar-refractivity contribution in [3.63, 3.8) is 0 Å². The molecule has 0 saturated carbocycles. The van der Waals surface area contributed by atoms with Crippen LogP contribution in [0.2, 0.25) is 0 Å². The highest BCUT2D eigenvalue weighted by Crippen LogP contribution is 2.32. The molecule has 0 aromatic heterocycles. The van der Waals surface area contributed by atoms with Crippen LogP contribution in [-0.4, -0.2) is 12.0 Å². The zero-order valence-electron chi connectivity index (χ0n) is 11.6. The lowest BCUT2D eigenvalue weighted by Gasteiger charge is -2.13. The highest BCUT2D eigenvalue weighted by atomic mass is 16.6. The van der Waals surface area contributed by atoms with E-state index in [1.165, 1.54) is 13.2 Å². The lowest BCUT2D eigenvalue weighted by atomic mass is 10.1. The largest absolute Gasteiger partial charge is 0.493 e. The zero-order chi connectivity index (χ0) is 15.1. The predicted octanol–water partition coefficient (Wildman–Crippen LogP) is 3.52. The number of ether oxygens (including phenoxy) is 2. The Kier molecular flexibility index (Phi) is 4.93. The summed E-state index contributed by atoms with van der Waals surface area (Å²) in [6.07, 6.45) is 2.27. The van der Waals surface area contributed by atoms with E-state index in [9.17, 15) is 10.1 Å². The average molecular weight is 285 g/mol. The maximum absolute atomic E-state index is 10.5. The third-order valence-electron chi connectivity index (χ3n) is 2.83. The van der Waals surface area contributed by atoms with Crippen LogP contribution in [0.3, 0.4) is 0 Å².